The van der Waals surface area contributed by atoms with E-state index in [1.54, 1.807) is 23.5 Å². The number of aromatic nitrogens is 1. The van der Waals surface area contributed by atoms with Gasteiger partial charge in [0, 0.05) is 16.8 Å². The Morgan fingerprint density at radius 3 is 2.83 bits per heavy atom. The predicted octanol–water partition coefficient (Wildman–Crippen LogP) is 1.71. The fourth-order valence-corrected chi connectivity index (χ4v) is 2.72. The number of sulfonamides is 1. The Kier molecular flexibility index (Phi) is 3.65. The smallest absolute Gasteiger partial charge is 0.238 e. The average molecular weight is 283 g/mol. The number of nitrogens with two attached hydrogens (primary N) is 1. The van der Waals surface area contributed by atoms with Crippen LogP contribution in [-0.2, 0) is 16.6 Å². The highest BCUT2D eigenvalue weighted by atomic mass is 32.2. The molecule has 0 saturated heterocycles. The topological polar surface area (TPSA) is 85.1 Å². The van der Waals surface area contributed by atoms with Crippen molar-refractivity contribution >= 4 is 27.0 Å². The Morgan fingerprint density at radius 2 is 2.22 bits per heavy atom. The van der Waals surface area contributed by atoms with Crippen LogP contribution in [0.3, 0.4) is 0 Å². The molecule has 3 N–H and O–H groups in total. The van der Waals surface area contributed by atoms with Gasteiger partial charge in [-0.3, -0.25) is 0 Å². The third-order valence-corrected chi connectivity index (χ3v) is 4.15. The van der Waals surface area contributed by atoms with Gasteiger partial charge in [0.1, 0.15) is 5.01 Å². The number of thiazole rings is 1. The zero-order valence-electron chi connectivity index (χ0n) is 9.75. The van der Waals surface area contributed by atoms with Gasteiger partial charge in [0.25, 0.3) is 0 Å². The second kappa shape index (κ2) is 5.05. The molecule has 0 bridgehead atoms. The van der Waals surface area contributed by atoms with Crippen molar-refractivity contribution in [3.05, 3.63) is 40.3 Å². The molecule has 5 nitrogen and oxygen atoms in total. The molecule has 2 rings (SSSR count). The first-order valence-corrected chi connectivity index (χ1v) is 7.65. The Morgan fingerprint density at radius 1 is 1.44 bits per heavy atom. The molecule has 0 aliphatic heterocycles. The molecule has 0 unspecified atom stereocenters. The summed E-state index contributed by atoms with van der Waals surface area (Å²) in [7, 11) is -3.66. The first kappa shape index (κ1) is 13.0. The van der Waals surface area contributed by atoms with E-state index in [4.69, 9.17) is 5.14 Å². The second-order valence-corrected chi connectivity index (χ2v) is 6.31. The first-order valence-electron chi connectivity index (χ1n) is 5.23. The zero-order chi connectivity index (χ0) is 13.2. The lowest BCUT2D eigenvalue weighted by Gasteiger charge is -2.05. The van der Waals surface area contributed by atoms with Gasteiger partial charge in [0.2, 0.25) is 10.0 Å². The number of anilines is 1. The maximum Gasteiger partial charge on any atom is 0.238 e. The summed E-state index contributed by atoms with van der Waals surface area (Å²) in [5.74, 6) is 0. The molecular formula is C11H13N3O2S2. The van der Waals surface area contributed by atoms with E-state index >= 15 is 0 Å². The number of hydrogen-bond acceptors (Lipinski definition) is 5. The fourth-order valence-electron chi connectivity index (χ4n) is 1.44. The van der Waals surface area contributed by atoms with Crippen LogP contribution in [0.25, 0.3) is 0 Å². The third-order valence-electron chi connectivity index (χ3n) is 2.27. The van der Waals surface area contributed by atoms with Crippen LogP contribution in [0.4, 0.5) is 5.69 Å². The third kappa shape index (κ3) is 3.28. The van der Waals surface area contributed by atoms with E-state index in [9.17, 15) is 8.42 Å². The molecule has 0 spiro atoms. The zero-order valence-corrected chi connectivity index (χ0v) is 11.4. The molecule has 1 heterocycles. The van der Waals surface area contributed by atoms with E-state index in [0.717, 1.165) is 10.7 Å². The van der Waals surface area contributed by atoms with Crippen LogP contribution in [0.1, 0.15) is 10.7 Å². The molecule has 0 saturated carbocycles. The molecule has 0 aliphatic carbocycles. The number of nitrogens with zero attached hydrogens (tertiary/aromatic N) is 1. The molecule has 1 aromatic heterocycles. The van der Waals surface area contributed by atoms with Gasteiger partial charge < -0.3 is 5.32 Å². The van der Waals surface area contributed by atoms with Gasteiger partial charge in [-0.2, -0.15) is 0 Å². The van der Waals surface area contributed by atoms with Crippen molar-refractivity contribution in [1.29, 1.82) is 0 Å². The number of hydrogen-bond donors (Lipinski definition) is 2. The van der Waals surface area contributed by atoms with Crippen LogP contribution >= 0.6 is 11.3 Å². The summed E-state index contributed by atoms with van der Waals surface area (Å²) < 4.78 is 22.4. The molecule has 0 aliphatic rings. The van der Waals surface area contributed by atoms with Crippen molar-refractivity contribution < 1.29 is 8.42 Å². The number of aryl methyl sites for hydroxylation is 1. The quantitative estimate of drug-likeness (QED) is 0.894. The highest BCUT2D eigenvalue weighted by Gasteiger charge is 2.07. The number of rotatable bonds is 4. The van der Waals surface area contributed by atoms with E-state index in [1.165, 1.54) is 12.1 Å². The highest BCUT2D eigenvalue weighted by Crippen LogP contribution is 2.16. The second-order valence-electron chi connectivity index (χ2n) is 3.81. The average Bonchev–Trinajstić information content (AvgIpc) is 2.72. The molecule has 1 aromatic carbocycles. The maximum atomic E-state index is 11.2. The number of nitrogens with one attached hydrogen (secondary N) is 1. The van der Waals surface area contributed by atoms with Crippen LogP contribution in [0.2, 0.25) is 0 Å². The molecule has 0 radical (unpaired) electrons. The number of primary sulfonamides is 1. The largest absolute Gasteiger partial charge is 0.378 e. The van der Waals surface area contributed by atoms with Crippen molar-refractivity contribution in [3.63, 3.8) is 0 Å². The van der Waals surface area contributed by atoms with E-state index in [1.807, 2.05) is 12.3 Å². The standard InChI is InChI=1S/C11H13N3O2S2/c1-8-7-17-11(14-8)6-13-9-3-2-4-10(5-9)18(12,15)16/h2-5,7,13H,6H2,1H3,(H2,12,15,16). The molecule has 18 heavy (non-hydrogen) atoms. The van der Waals surface area contributed by atoms with Gasteiger partial charge in [-0.1, -0.05) is 6.07 Å². The first-order chi connectivity index (χ1) is 8.45. The number of benzene rings is 1. The minimum absolute atomic E-state index is 0.0998. The minimum atomic E-state index is -3.66. The molecule has 2 aromatic rings. The molecular weight excluding hydrogens is 270 g/mol. The van der Waals surface area contributed by atoms with Crippen molar-refractivity contribution in [2.45, 2.75) is 18.4 Å². The maximum absolute atomic E-state index is 11.2. The van der Waals surface area contributed by atoms with E-state index in [2.05, 4.69) is 10.3 Å². The predicted molar refractivity (Wildman–Crippen MR) is 72.0 cm³/mol. The summed E-state index contributed by atoms with van der Waals surface area (Å²) in [6.07, 6.45) is 0. The molecule has 7 heteroatoms. The van der Waals surface area contributed by atoms with Crippen molar-refractivity contribution in [2.75, 3.05) is 5.32 Å². The fraction of sp³-hybridized carbons (Fsp3) is 0.182. The van der Waals surface area contributed by atoms with Crippen LogP contribution < -0.4 is 10.5 Å². The Bertz CT molecular complexity index is 650. The van der Waals surface area contributed by atoms with Gasteiger partial charge in [-0.15, -0.1) is 11.3 Å². The van der Waals surface area contributed by atoms with Gasteiger partial charge in [-0.05, 0) is 25.1 Å². The summed E-state index contributed by atoms with van der Waals surface area (Å²) in [5, 5.41) is 11.1. The summed E-state index contributed by atoms with van der Waals surface area (Å²) >= 11 is 1.56. The van der Waals surface area contributed by atoms with E-state index in [-0.39, 0.29) is 4.90 Å². The summed E-state index contributed by atoms with van der Waals surface area (Å²) in [5.41, 5.74) is 1.68. The van der Waals surface area contributed by atoms with Crippen LogP contribution in [0.15, 0.2) is 34.5 Å². The lowest BCUT2D eigenvalue weighted by Crippen LogP contribution is -2.12. The van der Waals surface area contributed by atoms with Crippen molar-refractivity contribution in [3.8, 4) is 0 Å². The Hall–Kier alpha value is -1.44. The highest BCUT2D eigenvalue weighted by molar-refractivity contribution is 7.89. The van der Waals surface area contributed by atoms with Gasteiger partial charge >= 0.3 is 0 Å². The van der Waals surface area contributed by atoms with Gasteiger partial charge in [-0.25, -0.2) is 18.5 Å². The van der Waals surface area contributed by atoms with E-state index in [0.29, 0.717) is 12.2 Å². The lowest BCUT2D eigenvalue weighted by atomic mass is 10.3. The summed E-state index contributed by atoms with van der Waals surface area (Å²) in [6, 6.07) is 6.41. The molecule has 0 amide bonds. The summed E-state index contributed by atoms with van der Waals surface area (Å²) in [6.45, 7) is 2.49. The van der Waals surface area contributed by atoms with Gasteiger partial charge in [0.15, 0.2) is 0 Å². The molecule has 0 atom stereocenters. The van der Waals surface area contributed by atoms with Crippen molar-refractivity contribution in [2.24, 2.45) is 5.14 Å². The summed E-state index contributed by atoms with van der Waals surface area (Å²) in [4.78, 5) is 4.41. The normalized spacial score (nSPS) is 11.4. The van der Waals surface area contributed by atoms with E-state index < -0.39 is 10.0 Å². The van der Waals surface area contributed by atoms with Crippen LogP contribution in [0, 0.1) is 6.92 Å². The van der Waals surface area contributed by atoms with Crippen molar-refractivity contribution in [1.82, 2.24) is 4.98 Å². The van der Waals surface area contributed by atoms with Crippen LogP contribution in [0.5, 0.6) is 0 Å². The van der Waals surface area contributed by atoms with Crippen LogP contribution in [-0.4, -0.2) is 13.4 Å². The molecule has 0 fully saturated rings. The Labute approximate surface area is 110 Å². The SMILES string of the molecule is Cc1csc(CNc2cccc(S(N)(=O)=O)c2)n1. The minimum Gasteiger partial charge on any atom is -0.378 e. The van der Waals surface area contributed by atoms with Gasteiger partial charge in [0.05, 0.1) is 11.4 Å². The lowest BCUT2D eigenvalue weighted by molar-refractivity contribution is 0.598. The monoisotopic (exact) mass is 283 g/mol. The Balaban J connectivity index is 2.11. The molecule has 96 valence electrons.